The molecule has 0 radical (unpaired) electrons. The summed E-state index contributed by atoms with van der Waals surface area (Å²) in [5.41, 5.74) is 6.09. The first-order valence-corrected chi connectivity index (χ1v) is 10.9. The minimum absolute atomic E-state index is 0.0752. The van der Waals surface area contributed by atoms with E-state index in [2.05, 4.69) is 51.1 Å². The van der Waals surface area contributed by atoms with Crippen LogP contribution in [0.1, 0.15) is 27.6 Å². The van der Waals surface area contributed by atoms with E-state index in [1.807, 2.05) is 62.5 Å². The molecular formula is C26H32N6O. The second-order valence-corrected chi connectivity index (χ2v) is 7.95. The molecule has 4 rings (SSSR count). The van der Waals surface area contributed by atoms with E-state index >= 15 is 0 Å². The number of nitrogens with one attached hydrogen (secondary N) is 2. The third-order valence-corrected chi connectivity index (χ3v) is 5.52. The molecule has 2 aromatic carbocycles. The number of imidazole rings is 2. The highest BCUT2D eigenvalue weighted by Crippen LogP contribution is 2.19. The normalized spacial score (nSPS) is 10.5. The van der Waals surface area contributed by atoms with Crippen LogP contribution in [-0.2, 0) is 20.6 Å². The molecular weight excluding hydrogens is 412 g/mol. The van der Waals surface area contributed by atoms with Crippen molar-refractivity contribution in [1.29, 1.82) is 0 Å². The number of carbonyl (C=O) groups is 1. The quantitative estimate of drug-likeness (QED) is 0.490. The lowest BCUT2D eigenvalue weighted by atomic mass is 10.1. The summed E-state index contributed by atoms with van der Waals surface area (Å²) >= 11 is 0. The molecule has 7 heteroatoms. The lowest BCUT2D eigenvalue weighted by molar-refractivity contribution is 0.0963. The van der Waals surface area contributed by atoms with Gasteiger partial charge in [0.05, 0.1) is 11.4 Å². The molecule has 0 bridgehead atoms. The molecule has 0 aliphatic heterocycles. The van der Waals surface area contributed by atoms with Crippen molar-refractivity contribution < 1.29 is 4.79 Å². The topological polar surface area (TPSA) is 76.8 Å². The minimum atomic E-state index is -0.0752. The maximum Gasteiger partial charge on any atom is 0.251 e. The molecule has 2 N–H and O–H groups in total. The van der Waals surface area contributed by atoms with E-state index in [4.69, 9.17) is 0 Å². The van der Waals surface area contributed by atoms with Crippen LogP contribution in [0.4, 0.5) is 0 Å². The summed E-state index contributed by atoms with van der Waals surface area (Å²) in [7, 11) is 7.56. The van der Waals surface area contributed by atoms with Gasteiger partial charge >= 0.3 is 0 Å². The van der Waals surface area contributed by atoms with Crippen molar-refractivity contribution in [2.24, 2.45) is 14.1 Å². The fraction of sp³-hybridized carbons (Fsp3) is 0.269. The van der Waals surface area contributed by atoms with Crippen molar-refractivity contribution in [3.05, 3.63) is 83.7 Å². The van der Waals surface area contributed by atoms with Crippen molar-refractivity contribution in [1.82, 2.24) is 29.7 Å². The minimum Gasteiger partial charge on any atom is -0.355 e. The molecule has 0 aliphatic carbocycles. The number of carbonyl (C=O) groups excluding carboxylic acids is 1. The van der Waals surface area contributed by atoms with Crippen molar-refractivity contribution in [2.45, 2.75) is 20.4 Å². The van der Waals surface area contributed by atoms with Crippen LogP contribution >= 0.6 is 0 Å². The van der Waals surface area contributed by atoms with Gasteiger partial charge in [0.1, 0.15) is 11.6 Å². The fourth-order valence-electron chi connectivity index (χ4n) is 3.33. The molecule has 2 aromatic heterocycles. The second-order valence-electron chi connectivity index (χ2n) is 7.95. The zero-order chi connectivity index (χ0) is 24.0. The highest BCUT2D eigenvalue weighted by molar-refractivity contribution is 5.94. The summed E-state index contributed by atoms with van der Waals surface area (Å²) < 4.78 is 4.01. The Labute approximate surface area is 195 Å². The van der Waals surface area contributed by atoms with Gasteiger partial charge in [-0.3, -0.25) is 4.79 Å². The van der Waals surface area contributed by atoms with Crippen LogP contribution in [0.5, 0.6) is 0 Å². The molecule has 0 spiro atoms. The van der Waals surface area contributed by atoms with E-state index < -0.39 is 0 Å². The monoisotopic (exact) mass is 444 g/mol. The Hall–Kier alpha value is -3.71. The molecule has 1 amide bonds. The third-order valence-electron chi connectivity index (χ3n) is 5.52. The smallest absolute Gasteiger partial charge is 0.251 e. The van der Waals surface area contributed by atoms with Crippen LogP contribution in [0.15, 0.2) is 60.9 Å². The SMILES string of the molecule is CNC(=O)c1ccc(-c2cn(C)c(C)n2)cc1.CNCc1ccc(-c2cn(C)c(C)n2)cc1. The van der Waals surface area contributed by atoms with Gasteiger partial charge in [0, 0.05) is 56.8 Å². The number of nitrogens with zero attached hydrogens (tertiary/aromatic N) is 4. The fourth-order valence-corrected chi connectivity index (χ4v) is 3.33. The van der Waals surface area contributed by atoms with E-state index in [-0.39, 0.29) is 5.91 Å². The summed E-state index contributed by atoms with van der Waals surface area (Å²) in [6.45, 7) is 4.88. The Morgan fingerprint density at radius 3 is 1.61 bits per heavy atom. The summed E-state index contributed by atoms with van der Waals surface area (Å²) in [6, 6.07) is 15.9. The van der Waals surface area contributed by atoms with Gasteiger partial charge < -0.3 is 19.8 Å². The molecule has 0 fully saturated rings. The standard InChI is InChI=1S/C13H15N3O.C13H17N3/c1-9-15-12(8-16(9)3)10-4-6-11(7-5-10)13(17)14-2;1-10-15-13(9-16(10)3)12-6-4-11(5-7-12)8-14-2/h4-8H,1-3H3,(H,14,17);4-7,9,14H,8H2,1-3H3. The number of benzene rings is 2. The number of aryl methyl sites for hydroxylation is 4. The molecule has 0 saturated carbocycles. The Balaban J connectivity index is 0.000000186. The molecule has 33 heavy (non-hydrogen) atoms. The lowest BCUT2D eigenvalue weighted by Crippen LogP contribution is -2.17. The Bertz CT molecular complexity index is 1160. The van der Waals surface area contributed by atoms with Gasteiger partial charge in [-0.1, -0.05) is 36.4 Å². The average Bonchev–Trinajstić information content (AvgIpc) is 3.35. The number of hydrogen-bond acceptors (Lipinski definition) is 4. The summed E-state index contributed by atoms with van der Waals surface area (Å²) in [5, 5.41) is 5.73. The largest absolute Gasteiger partial charge is 0.355 e. The summed E-state index contributed by atoms with van der Waals surface area (Å²) in [6.07, 6.45) is 4.03. The molecule has 0 saturated heterocycles. The van der Waals surface area contributed by atoms with Crippen LogP contribution in [0.3, 0.4) is 0 Å². The first-order valence-electron chi connectivity index (χ1n) is 10.9. The summed E-state index contributed by atoms with van der Waals surface area (Å²) in [4.78, 5) is 20.3. The number of rotatable bonds is 5. The van der Waals surface area contributed by atoms with E-state index in [1.165, 1.54) is 11.1 Å². The van der Waals surface area contributed by atoms with Crippen LogP contribution < -0.4 is 10.6 Å². The first-order chi connectivity index (χ1) is 15.8. The predicted octanol–water partition coefficient (Wildman–Crippen LogP) is 3.87. The van der Waals surface area contributed by atoms with Crippen LogP contribution in [-0.4, -0.2) is 39.1 Å². The average molecular weight is 445 g/mol. The molecule has 2 heterocycles. The molecule has 0 aliphatic rings. The molecule has 4 aromatic rings. The molecule has 7 nitrogen and oxygen atoms in total. The van der Waals surface area contributed by atoms with E-state index in [9.17, 15) is 4.79 Å². The molecule has 172 valence electrons. The first kappa shape index (κ1) is 23.9. The molecule has 0 unspecified atom stereocenters. The number of amides is 1. The Morgan fingerprint density at radius 1 is 0.788 bits per heavy atom. The second kappa shape index (κ2) is 10.7. The zero-order valence-corrected chi connectivity index (χ0v) is 20.2. The van der Waals surface area contributed by atoms with Gasteiger partial charge in [0.2, 0.25) is 0 Å². The maximum atomic E-state index is 11.4. The van der Waals surface area contributed by atoms with Gasteiger partial charge in [0.25, 0.3) is 5.91 Å². The highest BCUT2D eigenvalue weighted by atomic mass is 16.1. The van der Waals surface area contributed by atoms with E-state index in [1.54, 1.807) is 19.2 Å². The highest BCUT2D eigenvalue weighted by Gasteiger charge is 2.06. The van der Waals surface area contributed by atoms with E-state index in [0.717, 1.165) is 35.1 Å². The van der Waals surface area contributed by atoms with Gasteiger partial charge in [-0.05, 0) is 38.6 Å². The summed E-state index contributed by atoms with van der Waals surface area (Å²) in [5.74, 6) is 1.93. The van der Waals surface area contributed by atoms with E-state index in [0.29, 0.717) is 5.56 Å². The van der Waals surface area contributed by atoms with Crippen molar-refractivity contribution in [3.8, 4) is 22.5 Å². The Kier molecular flexibility index (Phi) is 7.79. The van der Waals surface area contributed by atoms with Crippen molar-refractivity contribution >= 4 is 5.91 Å². The maximum absolute atomic E-state index is 11.4. The number of aromatic nitrogens is 4. The zero-order valence-electron chi connectivity index (χ0n) is 20.2. The van der Waals surface area contributed by atoms with Gasteiger partial charge in [0.15, 0.2) is 0 Å². The van der Waals surface area contributed by atoms with Crippen molar-refractivity contribution in [3.63, 3.8) is 0 Å². The number of hydrogen-bond donors (Lipinski definition) is 2. The van der Waals surface area contributed by atoms with Gasteiger partial charge in [-0.25, -0.2) is 9.97 Å². The third kappa shape index (κ3) is 5.96. The Morgan fingerprint density at radius 2 is 1.24 bits per heavy atom. The van der Waals surface area contributed by atoms with Crippen LogP contribution in [0.2, 0.25) is 0 Å². The van der Waals surface area contributed by atoms with Crippen LogP contribution in [0, 0.1) is 13.8 Å². The molecule has 0 atom stereocenters. The van der Waals surface area contributed by atoms with Crippen molar-refractivity contribution in [2.75, 3.05) is 14.1 Å². The lowest BCUT2D eigenvalue weighted by Gasteiger charge is -2.01. The predicted molar refractivity (Wildman–Crippen MR) is 133 cm³/mol. The van der Waals surface area contributed by atoms with Gasteiger partial charge in [-0.15, -0.1) is 0 Å². The van der Waals surface area contributed by atoms with Crippen LogP contribution in [0.25, 0.3) is 22.5 Å². The van der Waals surface area contributed by atoms with Gasteiger partial charge in [-0.2, -0.15) is 0 Å².